The van der Waals surface area contributed by atoms with Gasteiger partial charge in [-0.15, -0.1) is 0 Å². The molecule has 0 N–H and O–H groups in total. The van der Waals surface area contributed by atoms with Gasteiger partial charge in [-0.2, -0.15) is 0 Å². The molecule has 3 nitrogen and oxygen atoms in total. The van der Waals surface area contributed by atoms with Crippen LogP contribution in [0.5, 0.6) is 5.75 Å². The maximum absolute atomic E-state index is 11.4. The third-order valence-electron chi connectivity index (χ3n) is 3.24. The summed E-state index contributed by atoms with van der Waals surface area (Å²) >= 11 is 5.50. The molecule has 1 unspecified atom stereocenters. The van der Waals surface area contributed by atoms with Crippen molar-refractivity contribution in [1.29, 1.82) is 0 Å². The maximum Gasteiger partial charge on any atom is 0.156 e. The van der Waals surface area contributed by atoms with Gasteiger partial charge < -0.3 is 9.64 Å². The fourth-order valence-corrected chi connectivity index (χ4v) is 2.40. The van der Waals surface area contributed by atoms with Crippen LogP contribution in [0.25, 0.3) is 0 Å². The lowest BCUT2D eigenvalue weighted by atomic mass is 9.99. The standard InChI is InChI=1S/C14H17NO2S/c1-4-14(3)13(18)15(9-10(2)16)11-7-5-6-8-12(11)17-14/h5-8H,4,9H2,1-3H3. The summed E-state index contributed by atoms with van der Waals surface area (Å²) in [6, 6.07) is 7.69. The Bertz CT molecular complexity index is 500. The maximum atomic E-state index is 11.4. The molecule has 18 heavy (non-hydrogen) atoms. The van der Waals surface area contributed by atoms with Crippen LogP contribution in [0.2, 0.25) is 0 Å². The van der Waals surface area contributed by atoms with Crippen LogP contribution in [-0.2, 0) is 4.79 Å². The van der Waals surface area contributed by atoms with Crippen LogP contribution < -0.4 is 9.64 Å². The second-order valence-corrected chi connectivity index (χ2v) is 5.13. The zero-order valence-electron chi connectivity index (χ0n) is 10.9. The highest BCUT2D eigenvalue weighted by atomic mass is 32.1. The van der Waals surface area contributed by atoms with Crippen molar-refractivity contribution in [3.05, 3.63) is 24.3 Å². The molecule has 1 aromatic rings. The predicted octanol–water partition coefficient (Wildman–Crippen LogP) is 2.97. The molecule has 0 spiro atoms. The molecular formula is C14H17NO2S. The van der Waals surface area contributed by atoms with Gasteiger partial charge in [-0.1, -0.05) is 31.3 Å². The summed E-state index contributed by atoms with van der Waals surface area (Å²) < 4.78 is 6.00. The second kappa shape index (κ2) is 4.69. The molecule has 0 bridgehead atoms. The second-order valence-electron chi connectivity index (χ2n) is 4.75. The molecule has 0 aromatic heterocycles. The van der Waals surface area contributed by atoms with Gasteiger partial charge >= 0.3 is 0 Å². The first-order chi connectivity index (χ1) is 8.48. The number of hydrogen-bond donors (Lipinski definition) is 0. The fourth-order valence-electron chi connectivity index (χ4n) is 2.05. The SMILES string of the molecule is CCC1(C)Oc2ccccc2N(CC(C)=O)C1=S. The van der Waals surface area contributed by atoms with E-state index >= 15 is 0 Å². The highest BCUT2D eigenvalue weighted by Crippen LogP contribution is 2.39. The number of para-hydroxylation sites is 2. The lowest BCUT2D eigenvalue weighted by molar-refractivity contribution is -0.115. The third kappa shape index (κ3) is 2.12. The lowest BCUT2D eigenvalue weighted by Crippen LogP contribution is -2.54. The first-order valence-corrected chi connectivity index (χ1v) is 6.48. The van der Waals surface area contributed by atoms with Crippen LogP contribution in [0.1, 0.15) is 27.2 Å². The molecule has 1 aliphatic rings. The van der Waals surface area contributed by atoms with Gasteiger partial charge in [0.2, 0.25) is 0 Å². The van der Waals surface area contributed by atoms with Gasteiger partial charge in [0.05, 0.1) is 12.2 Å². The molecule has 0 aliphatic carbocycles. The molecular weight excluding hydrogens is 246 g/mol. The summed E-state index contributed by atoms with van der Waals surface area (Å²) in [6.45, 7) is 5.88. The van der Waals surface area contributed by atoms with Crippen molar-refractivity contribution in [3.63, 3.8) is 0 Å². The minimum absolute atomic E-state index is 0.0903. The van der Waals surface area contributed by atoms with Crippen LogP contribution in [-0.4, -0.2) is 22.9 Å². The van der Waals surface area contributed by atoms with Gasteiger partial charge in [0.1, 0.15) is 16.5 Å². The average Bonchev–Trinajstić information content (AvgIpc) is 2.34. The average molecular weight is 263 g/mol. The zero-order chi connectivity index (χ0) is 13.3. The summed E-state index contributed by atoms with van der Waals surface area (Å²) in [5.74, 6) is 0.879. The number of anilines is 1. The number of ether oxygens (including phenoxy) is 1. The van der Waals surface area contributed by atoms with Gasteiger partial charge in [0, 0.05) is 0 Å². The third-order valence-corrected chi connectivity index (χ3v) is 3.90. The van der Waals surface area contributed by atoms with Crippen molar-refractivity contribution in [3.8, 4) is 5.75 Å². The Balaban J connectivity index is 2.49. The molecule has 0 radical (unpaired) electrons. The number of thiocarbonyl (C=S) groups is 1. The topological polar surface area (TPSA) is 29.5 Å². The van der Waals surface area contributed by atoms with E-state index in [1.54, 1.807) is 6.92 Å². The van der Waals surface area contributed by atoms with E-state index in [1.165, 1.54) is 0 Å². The molecule has 0 amide bonds. The molecule has 0 saturated heterocycles. The Kier molecular flexibility index (Phi) is 3.39. The van der Waals surface area contributed by atoms with Crippen LogP contribution in [0, 0.1) is 0 Å². The van der Waals surface area contributed by atoms with E-state index in [-0.39, 0.29) is 5.78 Å². The molecule has 1 atom stereocenters. The van der Waals surface area contributed by atoms with E-state index in [1.807, 2.05) is 43.0 Å². The summed E-state index contributed by atoms with van der Waals surface area (Å²) in [6.07, 6.45) is 0.772. The number of rotatable bonds is 3. The van der Waals surface area contributed by atoms with Gasteiger partial charge in [0.25, 0.3) is 0 Å². The molecule has 0 saturated carbocycles. The van der Waals surface area contributed by atoms with E-state index < -0.39 is 5.60 Å². The number of carbonyl (C=O) groups excluding carboxylic acids is 1. The molecule has 96 valence electrons. The van der Waals surface area contributed by atoms with Crippen molar-refractivity contribution >= 4 is 28.7 Å². The quantitative estimate of drug-likeness (QED) is 0.784. The number of Topliss-reactive ketones (excluding diaryl/α,β-unsaturated/α-hetero) is 1. The van der Waals surface area contributed by atoms with Gasteiger partial charge in [-0.3, -0.25) is 4.79 Å². The van der Waals surface area contributed by atoms with E-state index in [0.29, 0.717) is 11.5 Å². The Morgan fingerprint density at radius 2 is 2.11 bits per heavy atom. The number of fused-ring (bicyclic) bond motifs is 1. The monoisotopic (exact) mass is 263 g/mol. The molecule has 1 aromatic carbocycles. The van der Waals surface area contributed by atoms with Crippen LogP contribution >= 0.6 is 12.2 Å². The van der Waals surface area contributed by atoms with Gasteiger partial charge in [-0.25, -0.2) is 0 Å². The van der Waals surface area contributed by atoms with Gasteiger partial charge in [-0.05, 0) is 32.4 Å². The lowest BCUT2D eigenvalue weighted by Gasteiger charge is -2.42. The van der Waals surface area contributed by atoms with Crippen LogP contribution in [0.4, 0.5) is 5.69 Å². The minimum atomic E-state index is -0.515. The summed E-state index contributed by atoms with van der Waals surface area (Å²) in [4.78, 5) is 14.0. The largest absolute Gasteiger partial charge is 0.478 e. The zero-order valence-corrected chi connectivity index (χ0v) is 11.7. The summed E-state index contributed by atoms with van der Waals surface area (Å²) in [7, 11) is 0. The molecule has 0 fully saturated rings. The van der Waals surface area contributed by atoms with E-state index in [2.05, 4.69) is 0 Å². The van der Waals surface area contributed by atoms with Crippen molar-refractivity contribution in [2.24, 2.45) is 0 Å². The van der Waals surface area contributed by atoms with Crippen molar-refractivity contribution in [1.82, 2.24) is 0 Å². The van der Waals surface area contributed by atoms with E-state index in [4.69, 9.17) is 17.0 Å². The first-order valence-electron chi connectivity index (χ1n) is 6.07. The first kappa shape index (κ1) is 13.0. The smallest absolute Gasteiger partial charge is 0.156 e. The van der Waals surface area contributed by atoms with Crippen molar-refractivity contribution in [2.75, 3.05) is 11.4 Å². The van der Waals surface area contributed by atoms with Crippen molar-refractivity contribution in [2.45, 2.75) is 32.8 Å². The van der Waals surface area contributed by atoms with E-state index in [9.17, 15) is 4.79 Å². The Labute approximate surface area is 113 Å². The highest BCUT2D eigenvalue weighted by molar-refractivity contribution is 7.80. The Morgan fingerprint density at radius 1 is 1.44 bits per heavy atom. The van der Waals surface area contributed by atoms with Gasteiger partial charge in [0.15, 0.2) is 5.60 Å². The molecule has 4 heteroatoms. The predicted molar refractivity (Wildman–Crippen MR) is 76.4 cm³/mol. The highest BCUT2D eigenvalue weighted by Gasteiger charge is 2.39. The fraction of sp³-hybridized carbons (Fsp3) is 0.429. The normalized spacial score (nSPS) is 22.4. The summed E-state index contributed by atoms with van der Waals surface area (Å²) in [5, 5.41) is 0. The number of nitrogens with zero attached hydrogens (tertiary/aromatic N) is 1. The number of ketones is 1. The Morgan fingerprint density at radius 3 is 2.72 bits per heavy atom. The number of hydrogen-bond acceptors (Lipinski definition) is 3. The minimum Gasteiger partial charge on any atom is -0.478 e. The number of carbonyl (C=O) groups is 1. The summed E-state index contributed by atoms with van der Waals surface area (Å²) in [5.41, 5.74) is 0.364. The van der Waals surface area contributed by atoms with E-state index in [0.717, 1.165) is 17.9 Å². The number of benzene rings is 1. The van der Waals surface area contributed by atoms with Crippen LogP contribution in [0.15, 0.2) is 24.3 Å². The molecule has 1 aliphatic heterocycles. The van der Waals surface area contributed by atoms with Crippen molar-refractivity contribution < 1.29 is 9.53 Å². The van der Waals surface area contributed by atoms with Crippen LogP contribution in [0.3, 0.4) is 0 Å². The Hall–Kier alpha value is -1.42. The molecule has 2 rings (SSSR count). The molecule has 1 heterocycles.